The second-order valence-electron chi connectivity index (χ2n) is 5.77. The number of hydrogen-bond donors (Lipinski definition) is 0. The van der Waals surface area contributed by atoms with Gasteiger partial charge in [0.15, 0.2) is 0 Å². The van der Waals surface area contributed by atoms with Crippen LogP contribution in [0.1, 0.15) is 22.9 Å². The summed E-state index contributed by atoms with van der Waals surface area (Å²) < 4.78 is 1.99. The van der Waals surface area contributed by atoms with Crippen molar-refractivity contribution >= 4 is 17.2 Å². The number of likely N-dealkylation sites (N-methyl/N-ethyl adjacent to an activating group) is 1. The summed E-state index contributed by atoms with van der Waals surface area (Å²) >= 11 is 1.71. The van der Waals surface area contributed by atoms with Crippen LogP contribution in [0.15, 0.2) is 23.2 Å². The number of fused-ring (bicyclic) bond motifs is 1. The molecule has 2 aromatic rings. The highest BCUT2D eigenvalue weighted by Crippen LogP contribution is 2.29. The van der Waals surface area contributed by atoms with Crippen molar-refractivity contribution in [2.24, 2.45) is 7.05 Å². The van der Waals surface area contributed by atoms with Gasteiger partial charge in [-0.25, -0.2) is 4.98 Å². The summed E-state index contributed by atoms with van der Waals surface area (Å²) in [5.41, 5.74) is 3.39. The van der Waals surface area contributed by atoms with Gasteiger partial charge >= 0.3 is 0 Å². The molecule has 1 aliphatic heterocycles. The molecule has 0 bridgehead atoms. The molecule has 0 N–H and O–H groups in total. The molecule has 0 spiro atoms. The number of rotatable bonds is 3. The summed E-state index contributed by atoms with van der Waals surface area (Å²) in [4.78, 5) is 21.0. The van der Waals surface area contributed by atoms with Crippen LogP contribution in [0.3, 0.4) is 0 Å². The van der Waals surface area contributed by atoms with Gasteiger partial charge in [0.1, 0.15) is 0 Å². The normalized spacial score (nSPS) is 18.5. The van der Waals surface area contributed by atoms with Crippen LogP contribution in [0.25, 0.3) is 0 Å². The van der Waals surface area contributed by atoms with Crippen LogP contribution in [0, 0.1) is 0 Å². The molecule has 0 radical (unpaired) electrons. The molecule has 0 aromatic carbocycles. The van der Waals surface area contributed by atoms with E-state index in [1.54, 1.807) is 16.2 Å². The Hall–Kier alpha value is -1.66. The van der Waals surface area contributed by atoms with Crippen molar-refractivity contribution in [3.63, 3.8) is 0 Å². The fourth-order valence-corrected chi connectivity index (χ4v) is 3.61. The summed E-state index contributed by atoms with van der Waals surface area (Å²) in [6, 6.07) is 2.14. The Labute approximate surface area is 128 Å². The Bertz CT molecular complexity index is 632. The molecular formula is C15H20N4OS. The van der Waals surface area contributed by atoms with E-state index >= 15 is 0 Å². The van der Waals surface area contributed by atoms with Gasteiger partial charge in [-0.1, -0.05) is 0 Å². The van der Waals surface area contributed by atoms with Crippen molar-refractivity contribution in [3.8, 4) is 0 Å². The first-order valence-corrected chi connectivity index (χ1v) is 7.95. The Morgan fingerprint density at radius 1 is 1.52 bits per heavy atom. The smallest absolute Gasteiger partial charge is 0.232 e. The molecular weight excluding hydrogens is 284 g/mol. The van der Waals surface area contributed by atoms with Crippen LogP contribution in [0.2, 0.25) is 0 Å². The van der Waals surface area contributed by atoms with E-state index in [4.69, 9.17) is 0 Å². The Morgan fingerprint density at radius 3 is 3.00 bits per heavy atom. The number of hydrogen-bond acceptors (Lipinski definition) is 4. The van der Waals surface area contributed by atoms with Crippen molar-refractivity contribution in [1.82, 2.24) is 19.4 Å². The van der Waals surface area contributed by atoms with Gasteiger partial charge in [-0.15, -0.1) is 0 Å². The van der Waals surface area contributed by atoms with Crippen LogP contribution in [-0.4, -0.2) is 45.9 Å². The zero-order chi connectivity index (χ0) is 15.0. The number of aryl methyl sites for hydroxylation is 1. The summed E-state index contributed by atoms with van der Waals surface area (Å²) in [7, 11) is 5.60. The van der Waals surface area contributed by atoms with Gasteiger partial charge in [-0.2, -0.15) is 11.3 Å². The average Bonchev–Trinajstić information content (AvgIpc) is 3.08. The lowest BCUT2D eigenvalue weighted by Gasteiger charge is -2.33. The van der Waals surface area contributed by atoms with E-state index in [2.05, 4.69) is 26.7 Å². The van der Waals surface area contributed by atoms with Gasteiger partial charge < -0.3 is 9.47 Å². The fraction of sp³-hybridized carbons (Fsp3) is 0.467. The molecule has 0 fully saturated rings. The molecule has 6 heteroatoms. The summed E-state index contributed by atoms with van der Waals surface area (Å²) in [6.07, 6.45) is 1.81. The molecule has 1 amide bonds. The maximum Gasteiger partial charge on any atom is 0.232 e. The standard InChI is InChI=1S/C15H20N4OS/c1-17(2)15(20)12-7-19(6-11-4-5-21-9-11)8-13-14(12)18(3)10-16-13/h4-5,9-10,12H,6-8H2,1-3H3/t12-/m1/s1. The lowest BCUT2D eigenvalue weighted by atomic mass is 9.96. The van der Waals surface area contributed by atoms with Gasteiger partial charge in [0.25, 0.3) is 0 Å². The largest absolute Gasteiger partial charge is 0.348 e. The number of thiophene rings is 1. The van der Waals surface area contributed by atoms with Gasteiger partial charge in [0, 0.05) is 40.8 Å². The summed E-state index contributed by atoms with van der Waals surface area (Å²) in [5.74, 6) is 0.0183. The number of imidazole rings is 1. The molecule has 1 atom stereocenters. The van der Waals surface area contributed by atoms with Gasteiger partial charge in [0.2, 0.25) is 5.91 Å². The van der Waals surface area contributed by atoms with Gasteiger partial charge in [0.05, 0.1) is 23.6 Å². The van der Waals surface area contributed by atoms with E-state index in [0.29, 0.717) is 0 Å². The zero-order valence-corrected chi connectivity index (χ0v) is 13.4. The molecule has 0 saturated carbocycles. The summed E-state index contributed by atoms with van der Waals surface area (Å²) in [5, 5.41) is 4.25. The number of nitrogens with zero attached hydrogens (tertiary/aromatic N) is 4. The molecule has 0 saturated heterocycles. The quantitative estimate of drug-likeness (QED) is 0.866. The van der Waals surface area contributed by atoms with E-state index in [0.717, 1.165) is 31.0 Å². The first-order chi connectivity index (χ1) is 10.1. The first-order valence-electron chi connectivity index (χ1n) is 7.01. The number of aromatic nitrogens is 2. The second-order valence-corrected chi connectivity index (χ2v) is 6.55. The minimum absolute atomic E-state index is 0.130. The average molecular weight is 304 g/mol. The van der Waals surface area contributed by atoms with Crippen LogP contribution in [-0.2, 0) is 24.9 Å². The Kier molecular flexibility index (Phi) is 3.82. The van der Waals surface area contributed by atoms with Crippen molar-refractivity contribution in [3.05, 3.63) is 40.1 Å². The first kappa shape index (κ1) is 14.3. The van der Waals surface area contributed by atoms with E-state index in [-0.39, 0.29) is 11.8 Å². The third-order valence-electron chi connectivity index (χ3n) is 3.93. The molecule has 5 nitrogen and oxygen atoms in total. The van der Waals surface area contributed by atoms with E-state index < -0.39 is 0 Å². The maximum absolute atomic E-state index is 12.5. The SMILES string of the molecule is CN(C)C(=O)[C@@H]1CN(Cc2ccsc2)Cc2ncn(C)c21. The third kappa shape index (κ3) is 2.73. The highest BCUT2D eigenvalue weighted by Gasteiger charge is 2.34. The monoisotopic (exact) mass is 304 g/mol. The zero-order valence-electron chi connectivity index (χ0n) is 12.6. The second kappa shape index (κ2) is 5.61. The lowest BCUT2D eigenvalue weighted by molar-refractivity contribution is -0.131. The molecule has 2 aromatic heterocycles. The van der Waals surface area contributed by atoms with E-state index in [1.165, 1.54) is 5.56 Å². The van der Waals surface area contributed by atoms with Crippen LogP contribution < -0.4 is 0 Å². The van der Waals surface area contributed by atoms with Gasteiger partial charge in [-0.3, -0.25) is 9.69 Å². The topological polar surface area (TPSA) is 41.4 Å². The Morgan fingerprint density at radius 2 is 2.33 bits per heavy atom. The molecule has 3 rings (SSSR count). The fourth-order valence-electron chi connectivity index (χ4n) is 2.95. The van der Waals surface area contributed by atoms with Crippen molar-refractivity contribution in [2.45, 2.75) is 19.0 Å². The minimum Gasteiger partial charge on any atom is -0.348 e. The van der Waals surface area contributed by atoms with Gasteiger partial charge in [-0.05, 0) is 22.4 Å². The maximum atomic E-state index is 12.5. The lowest BCUT2D eigenvalue weighted by Crippen LogP contribution is -2.41. The molecule has 0 unspecified atom stereocenters. The van der Waals surface area contributed by atoms with Crippen molar-refractivity contribution in [1.29, 1.82) is 0 Å². The van der Waals surface area contributed by atoms with E-state index in [9.17, 15) is 4.79 Å². The molecule has 112 valence electrons. The van der Waals surface area contributed by atoms with Crippen molar-refractivity contribution < 1.29 is 4.79 Å². The Balaban J connectivity index is 1.88. The number of amides is 1. The molecule has 1 aliphatic rings. The number of carbonyl (C=O) groups is 1. The predicted octanol–water partition coefficient (Wildman–Crippen LogP) is 1.67. The highest BCUT2D eigenvalue weighted by molar-refractivity contribution is 7.07. The van der Waals surface area contributed by atoms with Crippen LogP contribution in [0.4, 0.5) is 0 Å². The van der Waals surface area contributed by atoms with Crippen molar-refractivity contribution in [2.75, 3.05) is 20.6 Å². The third-order valence-corrected chi connectivity index (χ3v) is 4.66. The minimum atomic E-state index is -0.130. The van der Waals surface area contributed by atoms with Crippen LogP contribution >= 0.6 is 11.3 Å². The highest BCUT2D eigenvalue weighted by atomic mass is 32.1. The number of carbonyl (C=O) groups excluding carboxylic acids is 1. The van der Waals surface area contributed by atoms with Crippen LogP contribution in [0.5, 0.6) is 0 Å². The predicted molar refractivity (Wildman–Crippen MR) is 83.1 cm³/mol. The molecule has 21 heavy (non-hydrogen) atoms. The molecule has 3 heterocycles. The van der Waals surface area contributed by atoms with E-state index in [1.807, 2.05) is 32.0 Å². The summed E-state index contributed by atoms with van der Waals surface area (Å²) in [6.45, 7) is 2.43. The molecule has 0 aliphatic carbocycles.